The summed E-state index contributed by atoms with van der Waals surface area (Å²) in [6.07, 6.45) is 0. The molecule has 0 amide bonds. The molecule has 0 spiro atoms. The van der Waals surface area contributed by atoms with Crippen molar-refractivity contribution in [1.29, 1.82) is 0 Å². The van der Waals surface area contributed by atoms with E-state index in [4.69, 9.17) is 16.0 Å². The summed E-state index contributed by atoms with van der Waals surface area (Å²) in [7, 11) is 0. The summed E-state index contributed by atoms with van der Waals surface area (Å²) in [6.45, 7) is 3.93. The van der Waals surface area contributed by atoms with Gasteiger partial charge in [-0.25, -0.2) is 0 Å². The number of nitrogens with one attached hydrogen (secondary N) is 1. The lowest BCUT2D eigenvalue weighted by molar-refractivity contribution is 0.597. The van der Waals surface area contributed by atoms with Gasteiger partial charge in [0.05, 0.1) is 5.38 Å². The molecule has 4 heteroatoms. The van der Waals surface area contributed by atoms with Gasteiger partial charge in [-0.15, -0.1) is 11.6 Å². The topological polar surface area (TPSA) is 38.1 Å². The van der Waals surface area contributed by atoms with Crippen LogP contribution in [0.2, 0.25) is 0 Å². The summed E-state index contributed by atoms with van der Waals surface area (Å²) in [5, 5.41) is 3.15. The zero-order valence-corrected chi connectivity index (χ0v) is 9.45. The molecule has 0 aliphatic heterocycles. The molecule has 1 aromatic carbocycles. The lowest BCUT2D eigenvalue weighted by Gasteiger charge is -2.13. The Morgan fingerprint density at radius 3 is 2.73 bits per heavy atom. The Labute approximate surface area is 93.4 Å². The molecule has 2 atom stereocenters. The van der Waals surface area contributed by atoms with E-state index in [0.29, 0.717) is 6.01 Å². The molecule has 80 valence electrons. The van der Waals surface area contributed by atoms with Crippen molar-refractivity contribution in [3.63, 3.8) is 0 Å². The fourth-order valence-corrected chi connectivity index (χ4v) is 1.31. The zero-order valence-electron chi connectivity index (χ0n) is 8.70. The highest BCUT2D eigenvalue weighted by atomic mass is 35.5. The number of fused-ring (bicyclic) bond motifs is 1. The summed E-state index contributed by atoms with van der Waals surface area (Å²) < 4.78 is 5.51. The molecule has 15 heavy (non-hydrogen) atoms. The Hall–Kier alpha value is -1.22. The van der Waals surface area contributed by atoms with Gasteiger partial charge in [-0.05, 0) is 26.0 Å². The van der Waals surface area contributed by atoms with E-state index in [1.807, 2.05) is 38.1 Å². The van der Waals surface area contributed by atoms with Crippen LogP contribution in [0.25, 0.3) is 11.1 Å². The standard InChI is InChI=1S/C11H13ClN2O/c1-7(12)8(2)13-11-14-9-5-3-4-6-10(9)15-11/h3-8H,1-2H3,(H,13,14). The largest absolute Gasteiger partial charge is 0.424 e. The van der Waals surface area contributed by atoms with E-state index in [2.05, 4.69) is 10.3 Å². The highest BCUT2D eigenvalue weighted by molar-refractivity contribution is 6.20. The highest BCUT2D eigenvalue weighted by Gasteiger charge is 2.12. The number of alkyl halides is 1. The van der Waals surface area contributed by atoms with Crippen LogP contribution in [0, 0.1) is 0 Å². The van der Waals surface area contributed by atoms with Crippen molar-refractivity contribution in [3.05, 3.63) is 24.3 Å². The first-order chi connectivity index (χ1) is 7.16. The average Bonchev–Trinajstić information content (AvgIpc) is 2.59. The molecule has 0 saturated heterocycles. The zero-order chi connectivity index (χ0) is 10.8. The number of benzene rings is 1. The van der Waals surface area contributed by atoms with Crippen LogP contribution in [0.1, 0.15) is 13.8 Å². The van der Waals surface area contributed by atoms with Crippen LogP contribution in [0.15, 0.2) is 28.7 Å². The molecule has 0 aliphatic carbocycles. The quantitative estimate of drug-likeness (QED) is 0.814. The lowest BCUT2D eigenvalue weighted by atomic mass is 10.3. The number of oxazole rings is 1. The number of aromatic nitrogens is 1. The fourth-order valence-electron chi connectivity index (χ4n) is 1.24. The summed E-state index contributed by atoms with van der Waals surface area (Å²) in [4.78, 5) is 4.30. The molecule has 0 aliphatic rings. The van der Waals surface area contributed by atoms with Crippen molar-refractivity contribution >= 4 is 28.7 Å². The summed E-state index contributed by atoms with van der Waals surface area (Å²) >= 11 is 5.94. The first-order valence-electron chi connectivity index (χ1n) is 4.93. The third-order valence-electron chi connectivity index (χ3n) is 2.33. The third-order valence-corrected chi connectivity index (χ3v) is 2.71. The van der Waals surface area contributed by atoms with E-state index in [1.54, 1.807) is 0 Å². The molecule has 0 bridgehead atoms. The summed E-state index contributed by atoms with van der Waals surface area (Å²) in [5.41, 5.74) is 1.64. The highest BCUT2D eigenvalue weighted by Crippen LogP contribution is 2.19. The van der Waals surface area contributed by atoms with Gasteiger partial charge in [-0.3, -0.25) is 0 Å². The Morgan fingerprint density at radius 2 is 2.07 bits per heavy atom. The molecule has 1 heterocycles. The van der Waals surface area contributed by atoms with Crippen molar-refractivity contribution in [3.8, 4) is 0 Å². The SMILES string of the molecule is CC(Cl)C(C)Nc1nc2ccccc2o1. The molecular formula is C11H13ClN2O. The van der Waals surface area contributed by atoms with Gasteiger partial charge in [0.15, 0.2) is 5.58 Å². The summed E-state index contributed by atoms with van der Waals surface area (Å²) in [6, 6.07) is 8.31. The van der Waals surface area contributed by atoms with E-state index >= 15 is 0 Å². The van der Waals surface area contributed by atoms with Crippen LogP contribution in [0.4, 0.5) is 6.01 Å². The van der Waals surface area contributed by atoms with Gasteiger partial charge < -0.3 is 9.73 Å². The van der Waals surface area contributed by atoms with E-state index in [1.165, 1.54) is 0 Å². The minimum Gasteiger partial charge on any atom is -0.424 e. The van der Waals surface area contributed by atoms with Gasteiger partial charge in [0.2, 0.25) is 0 Å². The second-order valence-electron chi connectivity index (χ2n) is 3.60. The lowest BCUT2D eigenvalue weighted by Crippen LogP contribution is -2.23. The fraction of sp³-hybridized carbons (Fsp3) is 0.364. The maximum Gasteiger partial charge on any atom is 0.295 e. The molecule has 2 rings (SSSR count). The number of para-hydroxylation sites is 2. The Bertz CT molecular complexity index is 420. The van der Waals surface area contributed by atoms with Gasteiger partial charge in [0.1, 0.15) is 5.52 Å². The van der Waals surface area contributed by atoms with Crippen LogP contribution >= 0.6 is 11.6 Å². The molecule has 0 saturated carbocycles. The van der Waals surface area contributed by atoms with Gasteiger partial charge in [0, 0.05) is 6.04 Å². The number of halogens is 1. The van der Waals surface area contributed by atoms with Crippen molar-refractivity contribution in [2.24, 2.45) is 0 Å². The van der Waals surface area contributed by atoms with Crippen molar-refractivity contribution < 1.29 is 4.42 Å². The Morgan fingerprint density at radius 1 is 1.33 bits per heavy atom. The van der Waals surface area contributed by atoms with Crippen LogP contribution in [0.3, 0.4) is 0 Å². The predicted octanol–water partition coefficient (Wildman–Crippen LogP) is 3.26. The van der Waals surface area contributed by atoms with Crippen molar-refractivity contribution in [1.82, 2.24) is 4.98 Å². The second kappa shape index (κ2) is 4.11. The molecule has 1 aromatic heterocycles. The van der Waals surface area contributed by atoms with Gasteiger partial charge in [-0.1, -0.05) is 12.1 Å². The van der Waals surface area contributed by atoms with E-state index in [9.17, 15) is 0 Å². The monoisotopic (exact) mass is 224 g/mol. The summed E-state index contributed by atoms with van der Waals surface area (Å²) in [5.74, 6) is 0. The number of hydrogen-bond donors (Lipinski definition) is 1. The molecule has 0 fully saturated rings. The van der Waals surface area contributed by atoms with Crippen molar-refractivity contribution in [2.45, 2.75) is 25.3 Å². The second-order valence-corrected chi connectivity index (χ2v) is 4.29. The maximum atomic E-state index is 5.94. The average molecular weight is 225 g/mol. The first kappa shape index (κ1) is 10.3. The van der Waals surface area contributed by atoms with E-state index in [0.717, 1.165) is 11.1 Å². The Kier molecular flexibility index (Phi) is 2.82. The number of rotatable bonds is 3. The van der Waals surface area contributed by atoms with Crippen LogP contribution in [-0.2, 0) is 0 Å². The number of anilines is 1. The minimum atomic E-state index is 0.0278. The first-order valence-corrected chi connectivity index (χ1v) is 5.36. The predicted molar refractivity (Wildman–Crippen MR) is 62.4 cm³/mol. The minimum absolute atomic E-state index is 0.0278. The van der Waals surface area contributed by atoms with Gasteiger partial charge >= 0.3 is 0 Å². The molecule has 1 N–H and O–H groups in total. The molecule has 2 unspecified atom stereocenters. The molecule has 0 radical (unpaired) electrons. The van der Waals surface area contributed by atoms with Crippen LogP contribution in [0.5, 0.6) is 0 Å². The molecule has 3 nitrogen and oxygen atoms in total. The molecule has 2 aromatic rings. The van der Waals surface area contributed by atoms with Crippen molar-refractivity contribution in [2.75, 3.05) is 5.32 Å². The number of nitrogens with zero attached hydrogens (tertiary/aromatic N) is 1. The Balaban J connectivity index is 2.22. The van der Waals surface area contributed by atoms with Gasteiger partial charge in [0.25, 0.3) is 6.01 Å². The maximum absolute atomic E-state index is 5.94. The third kappa shape index (κ3) is 2.23. The molecular weight excluding hydrogens is 212 g/mol. The van der Waals surface area contributed by atoms with Crippen LogP contribution < -0.4 is 5.32 Å². The smallest absolute Gasteiger partial charge is 0.295 e. The van der Waals surface area contributed by atoms with Gasteiger partial charge in [-0.2, -0.15) is 4.98 Å². The van der Waals surface area contributed by atoms with Crippen LogP contribution in [-0.4, -0.2) is 16.4 Å². The normalized spacial score (nSPS) is 15.1. The van der Waals surface area contributed by atoms with E-state index in [-0.39, 0.29) is 11.4 Å². The van der Waals surface area contributed by atoms with E-state index < -0.39 is 0 Å². The number of hydrogen-bond acceptors (Lipinski definition) is 3.